The highest BCUT2D eigenvalue weighted by molar-refractivity contribution is 5.65. The Morgan fingerprint density at radius 1 is 1.40 bits per heavy atom. The van der Waals surface area contributed by atoms with Crippen molar-refractivity contribution in [2.45, 2.75) is 13.8 Å². The first-order valence-electron chi connectivity index (χ1n) is 4.76. The molecule has 0 atom stereocenters. The molecule has 0 aromatic heterocycles. The summed E-state index contributed by atoms with van der Waals surface area (Å²) >= 11 is 0. The van der Waals surface area contributed by atoms with Crippen LogP contribution in [0.1, 0.15) is 13.8 Å². The van der Waals surface area contributed by atoms with E-state index in [2.05, 4.69) is 10.8 Å². The Hall–Kier alpha value is -1.71. The number of hydrogen-bond donors (Lipinski definition) is 0. The summed E-state index contributed by atoms with van der Waals surface area (Å²) in [5, 5.41) is 0. The van der Waals surface area contributed by atoms with Gasteiger partial charge in [-0.1, -0.05) is 12.1 Å². The fourth-order valence-electron chi connectivity index (χ4n) is 0.986. The molecular formula is C11H13O4. The lowest BCUT2D eigenvalue weighted by Gasteiger charge is -2.08. The van der Waals surface area contributed by atoms with Gasteiger partial charge in [0.05, 0.1) is 13.2 Å². The number of para-hydroxylation sites is 1. The molecule has 1 aromatic carbocycles. The molecule has 0 aliphatic carbocycles. The number of rotatable bonds is 4. The van der Waals surface area contributed by atoms with Crippen LogP contribution in [0.5, 0.6) is 11.5 Å². The van der Waals surface area contributed by atoms with Crippen LogP contribution in [0.3, 0.4) is 0 Å². The third-order valence-electron chi connectivity index (χ3n) is 1.53. The van der Waals surface area contributed by atoms with Crippen molar-refractivity contribution in [1.29, 1.82) is 0 Å². The Balaban J connectivity index is 2.70. The van der Waals surface area contributed by atoms with Crippen molar-refractivity contribution >= 4 is 6.16 Å². The highest BCUT2D eigenvalue weighted by Crippen LogP contribution is 2.25. The van der Waals surface area contributed by atoms with Crippen LogP contribution >= 0.6 is 0 Å². The van der Waals surface area contributed by atoms with E-state index in [0.717, 1.165) is 0 Å². The monoisotopic (exact) mass is 209 g/mol. The third-order valence-corrected chi connectivity index (χ3v) is 1.53. The van der Waals surface area contributed by atoms with E-state index in [9.17, 15) is 4.79 Å². The topological polar surface area (TPSA) is 44.8 Å². The molecule has 0 N–H and O–H groups in total. The predicted molar refractivity (Wildman–Crippen MR) is 54.1 cm³/mol. The predicted octanol–water partition coefficient (Wildman–Crippen LogP) is 2.42. The zero-order valence-corrected chi connectivity index (χ0v) is 8.78. The largest absolute Gasteiger partial charge is 0.513 e. The molecule has 4 heteroatoms. The van der Waals surface area contributed by atoms with Crippen LogP contribution in [0.2, 0.25) is 0 Å². The smallest absolute Gasteiger partial charge is 0.490 e. The molecule has 0 aliphatic heterocycles. The first-order chi connectivity index (χ1) is 7.27. The number of benzene rings is 1. The van der Waals surface area contributed by atoms with E-state index in [4.69, 9.17) is 9.47 Å². The first kappa shape index (κ1) is 11.4. The average Bonchev–Trinajstić information content (AvgIpc) is 2.21. The molecule has 0 saturated heterocycles. The van der Waals surface area contributed by atoms with Crippen LogP contribution in [0, 0.1) is 6.07 Å². The van der Waals surface area contributed by atoms with E-state index in [-0.39, 0.29) is 12.4 Å². The molecule has 1 rings (SSSR count). The SMILES string of the molecule is CCOC(=O)Oc1[c]cccc1OCC. The molecule has 0 aliphatic rings. The molecule has 1 radical (unpaired) electrons. The van der Waals surface area contributed by atoms with Gasteiger partial charge in [-0.05, 0) is 19.9 Å². The maximum Gasteiger partial charge on any atom is 0.513 e. The van der Waals surface area contributed by atoms with Crippen molar-refractivity contribution < 1.29 is 19.0 Å². The summed E-state index contributed by atoms with van der Waals surface area (Å²) in [6.07, 6.45) is -0.749. The quantitative estimate of drug-likeness (QED) is 0.564. The molecule has 0 amide bonds. The van der Waals surface area contributed by atoms with Crippen molar-refractivity contribution in [3.05, 3.63) is 24.3 Å². The lowest BCUT2D eigenvalue weighted by Crippen LogP contribution is -2.11. The van der Waals surface area contributed by atoms with E-state index in [1.54, 1.807) is 25.1 Å². The second kappa shape index (κ2) is 5.90. The number of hydrogen-bond acceptors (Lipinski definition) is 4. The first-order valence-corrected chi connectivity index (χ1v) is 4.76. The summed E-state index contributed by atoms with van der Waals surface area (Å²) in [6.45, 7) is 4.33. The van der Waals surface area contributed by atoms with Crippen LogP contribution < -0.4 is 9.47 Å². The molecule has 0 heterocycles. The van der Waals surface area contributed by atoms with Gasteiger partial charge in [-0.15, -0.1) is 0 Å². The Bertz CT molecular complexity index is 322. The van der Waals surface area contributed by atoms with Gasteiger partial charge in [0.2, 0.25) is 0 Å². The summed E-state index contributed by atoms with van der Waals surface area (Å²) in [6, 6.07) is 7.85. The molecule has 81 valence electrons. The zero-order chi connectivity index (χ0) is 11.1. The Morgan fingerprint density at radius 2 is 2.20 bits per heavy atom. The molecule has 1 aromatic rings. The molecule has 0 saturated carbocycles. The number of carbonyl (C=O) groups excluding carboxylic acids is 1. The maximum absolute atomic E-state index is 11.0. The van der Waals surface area contributed by atoms with Crippen molar-refractivity contribution in [2.75, 3.05) is 13.2 Å². The van der Waals surface area contributed by atoms with Crippen LogP contribution in [0.4, 0.5) is 4.79 Å². The van der Waals surface area contributed by atoms with Crippen LogP contribution in [-0.2, 0) is 4.74 Å². The Kier molecular flexibility index (Phi) is 4.47. The fraction of sp³-hybridized carbons (Fsp3) is 0.364. The average molecular weight is 209 g/mol. The standard InChI is InChI=1S/C11H13O4/c1-3-13-9-7-5-6-8-10(9)15-11(12)14-4-2/h5-7H,3-4H2,1-2H3. The zero-order valence-electron chi connectivity index (χ0n) is 8.78. The Morgan fingerprint density at radius 3 is 2.87 bits per heavy atom. The van der Waals surface area contributed by atoms with Crippen LogP contribution in [-0.4, -0.2) is 19.4 Å². The molecule has 0 unspecified atom stereocenters. The second-order valence-electron chi connectivity index (χ2n) is 2.58. The van der Waals surface area contributed by atoms with Gasteiger partial charge in [0.1, 0.15) is 0 Å². The lowest BCUT2D eigenvalue weighted by molar-refractivity contribution is 0.102. The minimum Gasteiger partial charge on any atom is -0.490 e. The molecule has 15 heavy (non-hydrogen) atoms. The second-order valence-corrected chi connectivity index (χ2v) is 2.58. The summed E-state index contributed by atoms with van der Waals surface area (Å²) in [5.41, 5.74) is 0. The molecular weight excluding hydrogens is 196 g/mol. The minimum absolute atomic E-state index is 0.248. The van der Waals surface area contributed by atoms with Gasteiger partial charge < -0.3 is 14.2 Å². The normalized spacial score (nSPS) is 9.47. The van der Waals surface area contributed by atoms with Crippen molar-refractivity contribution in [3.63, 3.8) is 0 Å². The van der Waals surface area contributed by atoms with Gasteiger partial charge >= 0.3 is 6.16 Å². The van der Waals surface area contributed by atoms with E-state index in [0.29, 0.717) is 12.4 Å². The van der Waals surface area contributed by atoms with Gasteiger partial charge in [-0.25, -0.2) is 4.79 Å². The molecule has 0 spiro atoms. The van der Waals surface area contributed by atoms with Gasteiger partial charge in [0, 0.05) is 6.07 Å². The number of ether oxygens (including phenoxy) is 3. The van der Waals surface area contributed by atoms with E-state index in [1.165, 1.54) is 0 Å². The number of carbonyl (C=O) groups is 1. The maximum atomic E-state index is 11.0. The lowest BCUT2D eigenvalue weighted by atomic mass is 10.3. The highest BCUT2D eigenvalue weighted by atomic mass is 16.7. The van der Waals surface area contributed by atoms with Crippen LogP contribution in [0.25, 0.3) is 0 Å². The summed E-state index contributed by atoms with van der Waals surface area (Å²) in [4.78, 5) is 11.0. The fourth-order valence-corrected chi connectivity index (χ4v) is 0.986. The Labute approximate surface area is 88.8 Å². The van der Waals surface area contributed by atoms with Gasteiger partial charge in [-0.3, -0.25) is 0 Å². The molecule has 0 fully saturated rings. The molecule has 0 bridgehead atoms. The van der Waals surface area contributed by atoms with Crippen molar-refractivity contribution in [3.8, 4) is 11.5 Å². The van der Waals surface area contributed by atoms with Crippen molar-refractivity contribution in [1.82, 2.24) is 0 Å². The molecule has 4 nitrogen and oxygen atoms in total. The highest BCUT2D eigenvalue weighted by Gasteiger charge is 2.09. The minimum atomic E-state index is -0.749. The van der Waals surface area contributed by atoms with E-state index < -0.39 is 6.16 Å². The summed E-state index contributed by atoms with van der Waals surface area (Å²) in [5.74, 6) is 0.728. The third kappa shape index (κ3) is 3.50. The van der Waals surface area contributed by atoms with E-state index >= 15 is 0 Å². The van der Waals surface area contributed by atoms with Gasteiger partial charge in [0.25, 0.3) is 0 Å². The summed E-state index contributed by atoms with van der Waals surface area (Å²) < 4.78 is 14.8. The summed E-state index contributed by atoms with van der Waals surface area (Å²) in [7, 11) is 0. The van der Waals surface area contributed by atoms with E-state index in [1.807, 2.05) is 6.92 Å². The van der Waals surface area contributed by atoms with Gasteiger partial charge in [-0.2, -0.15) is 0 Å². The van der Waals surface area contributed by atoms with Crippen molar-refractivity contribution in [2.24, 2.45) is 0 Å². The van der Waals surface area contributed by atoms with Gasteiger partial charge in [0.15, 0.2) is 11.5 Å². The van der Waals surface area contributed by atoms with Crippen LogP contribution in [0.15, 0.2) is 18.2 Å².